The molecule has 0 saturated heterocycles. The van der Waals surface area contributed by atoms with Crippen molar-refractivity contribution in [3.05, 3.63) is 89.5 Å². The number of hydrogen-bond donors (Lipinski definition) is 1. The van der Waals surface area contributed by atoms with Crippen molar-refractivity contribution in [1.29, 1.82) is 5.26 Å². The molecule has 0 saturated carbocycles. The summed E-state index contributed by atoms with van der Waals surface area (Å²) in [7, 11) is 0. The molecular weight excluding hydrogens is 410 g/mol. The lowest BCUT2D eigenvalue weighted by Crippen LogP contribution is -2.21. The number of anilines is 2. The highest BCUT2D eigenvalue weighted by Crippen LogP contribution is 2.28. The molecule has 1 N–H and O–H groups in total. The first-order chi connectivity index (χ1) is 16.0. The molecule has 2 aromatic rings. The molecule has 33 heavy (non-hydrogen) atoms. The molecule has 172 valence electrons. The van der Waals surface area contributed by atoms with Gasteiger partial charge >= 0.3 is 5.97 Å². The summed E-state index contributed by atoms with van der Waals surface area (Å²) in [5.74, 6) is -1.23. The Balaban J connectivity index is 2.46. The third-order valence-electron chi connectivity index (χ3n) is 5.60. The van der Waals surface area contributed by atoms with Crippen LogP contribution in [0.3, 0.4) is 0 Å². The van der Waals surface area contributed by atoms with Gasteiger partial charge in [0, 0.05) is 37.6 Å². The van der Waals surface area contributed by atoms with Crippen molar-refractivity contribution in [1.82, 2.24) is 0 Å². The van der Waals surface area contributed by atoms with E-state index in [0.717, 1.165) is 42.9 Å². The van der Waals surface area contributed by atoms with Crippen LogP contribution in [0.5, 0.6) is 0 Å². The Morgan fingerprint density at radius 1 is 0.788 bits per heavy atom. The van der Waals surface area contributed by atoms with Crippen molar-refractivity contribution in [2.75, 3.05) is 36.0 Å². The van der Waals surface area contributed by atoms with Crippen LogP contribution in [0.15, 0.2) is 78.4 Å². The fraction of sp³-hybridized carbons (Fsp3) is 0.286. The van der Waals surface area contributed by atoms with Gasteiger partial charge in [-0.1, -0.05) is 42.5 Å². The Hall–Kier alpha value is -3.78. The molecule has 0 spiro atoms. The summed E-state index contributed by atoms with van der Waals surface area (Å²) in [5, 5.41) is 17.9. The maximum Gasteiger partial charge on any atom is 0.346 e. The molecule has 0 atom stereocenters. The van der Waals surface area contributed by atoms with Crippen LogP contribution in [0.1, 0.15) is 38.8 Å². The number of rotatable bonds is 11. The highest BCUT2D eigenvalue weighted by Gasteiger charge is 2.09. The first-order valence-electron chi connectivity index (χ1n) is 11.4. The van der Waals surface area contributed by atoms with Crippen LogP contribution in [0, 0.1) is 11.3 Å². The molecule has 2 rings (SSSR count). The number of nitrogens with zero attached hydrogens (tertiary/aromatic N) is 3. The maximum atomic E-state index is 11.0. The van der Waals surface area contributed by atoms with Crippen molar-refractivity contribution in [2.24, 2.45) is 0 Å². The first kappa shape index (κ1) is 25.5. The second-order valence-electron chi connectivity index (χ2n) is 7.40. The van der Waals surface area contributed by atoms with Crippen molar-refractivity contribution in [3.63, 3.8) is 0 Å². The molecule has 0 bridgehead atoms. The van der Waals surface area contributed by atoms with E-state index in [1.807, 2.05) is 6.08 Å². The summed E-state index contributed by atoms with van der Waals surface area (Å²) < 4.78 is 0. The molecule has 5 heteroatoms. The van der Waals surface area contributed by atoms with Crippen LogP contribution in [-0.4, -0.2) is 37.3 Å². The minimum absolute atomic E-state index is 0.298. The molecule has 0 heterocycles. The SMILES string of the molecule is CCN(CC)c1ccc(C(=CC=CC=C(C#N)C(=O)O)c2ccc(N(CC)CC)cc2)cc1. The lowest BCUT2D eigenvalue weighted by molar-refractivity contribution is -0.132. The minimum atomic E-state index is -1.23. The largest absolute Gasteiger partial charge is 0.477 e. The van der Waals surface area contributed by atoms with Crippen molar-refractivity contribution in [3.8, 4) is 6.07 Å². The topological polar surface area (TPSA) is 67.6 Å². The Morgan fingerprint density at radius 2 is 1.18 bits per heavy atom. The molecule has 0 aliphatic heterocycles. The van der Waals surface area contributed by atoms with Gasteiger partial charge in [0.25, 0.3) is 0 Å². The zero-order valence-corrected chi connectivity index (χ0v) is 20.0. The summed E-state index contributed by atoms with van der Waals surface area (Å²) in [6, 6.07) is 18.6. The van der Waals surface area contributed by atoms with E-state index >= 15 is 0 Å². The molecule has 0 unspecified atom stereocenters. The van der Waals surface area contributed by atoms with Gasteiger partial charge in [0.2, 0.25) is 0 Å². The van der Waals surface area contributed by atoms with Crippen molar-refractivity contribution in [2.45, 2.75) is 27.7 Å². The van der Waals surface area contributed by atoms with Crippen LogP contribution < -0.4 is 9.80 Å². The average molecular weight is 444 g/mol. The van der Waals surface area contributed by atoms with Crippen LogP contribution in [0.4, 0.5) is 11.4 Å². The molecule has 0 radical (unpaired) electrons. The fourth-order valence-corrected chi connectivity index (χ4v) is 3.70. The highest BCUT2D eigenvalue weighted by molar-refractivity contribution is 5.91. The minimum Gasteiger partial charge on any atom is -0.477 e. The molecule has 2 aromatic carbocycles. The predicted octanol–water partition coefficient (Wildman–Crippen LogP) is 5.90. The molecule has 5 nitrogen and oxygen atoms in total. The van der Waals surface area contributed by atoms with Crippen molar-refractivity contribution < 1.29 is 9.90 Å². The number of nitriles is 1. The molecule has 0 aliphatic carbocycles. The van der Waals surface area contributed by atoms with Gasteiger partial charge in [0.05, 0.1) is 0 Å². The number of aliphatic carboxylic acids is 1. The molecule has 0 amide bonds. The van der Waals surface area contributed by atoms with E-state index in [1.165, 1.54) is 17.5 Å². The number of hydrogen-bond acceptors (Lipinski definition) is 4. The standard InChI is InChI=1S/C28H33N3O2/c1-5-30(6-2)25-17-13-22(14-18-25)27(12-10-9-11-24(21-29)28(32)33)23-15-19-26(20-16-23)31(7-3)8-4/h9-20H,5-8H2,1-4H3,(H,32,33). The van der Waals surface area contributed by atoms with E-state index in [9.17, 15) is 4.79 Å². The molecule has 0 fully saturated rings. The number of carboxylic acid groups (broad SMARTS) is 1. The zero-order chi connectivity index (χ0) is 24.2. The fourth-order valence-electron chi connectivity index (χ4n) is 3.70. The number of carboxylic acids is 1. The third-order valence-corrected chi connectivity index (χ3v) is 5.60. The normalized spacial score (nSPS) is 11.2. The number of carbonyl (C=O) groups is 1. The van der Waals surface area contributed by atoms with Gasteiger partial charge in [0.15, 0.2) is 0 Å². The molecule has 0 aromatic heterocycles. The van der Waals surface area contributed by atoms with Gasteiger partial charge in [0.1, 0.15) is 11.6 Å². The summed E-state index contributed by atoms with van der Waals surface area (Å²) in [6.07, 6.45) is 6.61. The Labute approximate surface area is 197 Å². The van der Waals surface area contributed by atoms with Crippen LogP contribution in [0.25, 0.3) is 5.57 Å². The molecule has 0 aliphatic rings. The van der Waals surface area contributed by atoms with E-state index in [0.29, 0.717) is 0 Å². The van der Waals surface area contributed by atoms with Gasteiger partial charge in [-0.3, -0.25) is 0 Å². The lowest BCUT2D eigenvalue weighted by atomic mass is 9.96. The van der Waals surface area contributed by atoms with Crippen LogP contribution >= 0.6 is 0 Å². The maximum absolute atomic E-state index is 11.0. The smallest absolute Gasteiger partial charge is 0.346 e. The van der Waals surface area contributed by atoms with E-state index in [4.69, 9.17) is 10.4 Å². The second-order valence-corrected chi connectivity index (χ2v) is 7.40. The lowest BCUT2D eigenvalue weighted by Gasteiger charge is -2.22. The monoisotopic (exact) mass is 443 g/mol. The Kier molecular flexibility index (Phi) is 9.98. The van der Waals surface area contributed by atoms with Crippen LogP contribution in [0.2, 0.25) is 0 Å². The summed E-state index contributed by atoms with van der Waals surface area (Å²) in [6.45, 7) is 12.4. The Bertz CT molecular complexity index is 977. The van der Waals surface area contributed by atoms with E-state index in [-0.39, 0.29) is 5.57 Å². The van der Waals surface area contributed by atoms with Gasteiger partial charge in [-0.2, -0.15) is 5.26 Å². The van der Waals surface area contributed by atoms with Gasteiger partial charge < -0.3 is 14.9 Å². The Morgan fingerprint density at radius 3 is 1.52 bits per heavy atom. The summed E-state index contributed by atoms with van der Waals surface area (Å²) in [5.41, 5.74) is 5.21. The first-order valence-corrected chi connectivity index (χ1v) is 11.4. The van der Waals surface area contributed by atoms with Crippen molar-refractivity contribution >= 4 is 22.9 Å². The van der Waals surface area contributed by atoms with Gasteiger partial charge in [-0.05, 0) is 74.7 Å². The second kappa shape index (κ2) is 12.9. The van der Waals surface area contributed by atoms with E-state index in [1.54, 1.807) is 18.2 Å². The zero-order valence-electron chi connectivity index (χ0n) is 20.0. The van der Waals surface area contributed by atoms with Crippen LogP contribution in [-0.2, 0) is 4.79 Å². The van der Waals surface area contributed by atoms with E-state index < -0.39 is 5.97 Å². The molecular formula is C28H33N3O2. The number of allylic oxidation sites excluding steroid dienone is 4. The average Bonchev–Trinajstić information content (AvgIpc) is 2.84. The summed E-state index contributed by atoms with van der Waals surface area (Å²) >= 11 is 0. The van der Waals surface area contributed by atoms with Gasteiger partial charge in [-0.15, -0.1) is 0 Å². The number of benzene rings is 2. The van der Waals surface area contributed by atoms with E-state index in [2.05, 4.69) is 86.0 Å². The highest BCUT2D eigenvalue weighted by atomic mass is 16.4. The predicted molar refractivity (Wildman–Crippen MR) is 138 cm³/mol. The van der Waals surface area contributed by atoms with Gasteiger partial charge in [-0.25, -0.2) is 4.79 Å². The summed E-state index contributed by atoms with van der Waals surface area (Å²) in [4.78, 5) is 15.6. The quantitative estimate of drug-likeness (QED) is 0.266. The third kappa shape index (κ3) is 6.85.